The second kappa shape index (κ2) is 6.30. The van der Waals surface area contributed by atoms with E-state index in [-0.39, 0.29) is 0 Å². The average molecular weight is 247 g/mol. The van der Waals surface area contributed by atoms with Gasteiger partial charge in [-0.3, -0.25) is 9.88 Å². The van der Waals surface area contributed by atoms with E-state index in [4.69, 9.17) is 5.73 Å². The van der Waals surface area contributed by atoms with E-state index in [1.54, 1.807) is 0 Å². The van der Waals surface area contributed by atoms with E-state index in [0.717, 1.165) is 18.2 Å². The fourth-order valence-electron chi connectivity index (χ4n) is 2.77. The molecule has 1 aromatic heterocycles. The standard InChI is InChI=1S/C15H25N3/c1-12-4-3-8-18(9-7-12)15(10-16)14-6-5-13(2)17-11-14/h5-6,11-12,15H,3-4,7-10,16H2,1-2H3. The van der Waals surface area contributed by atoms with Crippen molar-refractivity contribution in [3.8, 4) is 0 Å². The molecule has 2 N–H and O–H groups in total. The molecule has 0 saturated carbocycles. The summed E-state index contributed by atoms with van der Waals surface area (Å²) in [5.74, 6) is 0.851. The van der Waals surface area contributed by atoms with Crippen LogP contribution in [0.4, 0.5) is 0 Å². The van der Waals surface area contributed by atoms with Gasteiger partial charge in [-0.25, -0.2) is 0 Å². The van der Waals surface area contributed by atoms with Gasteiger partial charge >= 0.3 is 0 Å². The minimum absolute atomic E-state index is 0.336. The second-order valence-corrected chi connectivity index (χ2v) is 5.56. The molecule has 1 aliphatic heterocycles. The second-order valence-electron chi connectivity index (χ2n) is 5.56. The predicted octanol–water partition coefficient (Wildman–Crippen LogP) is 2.51. The Labute approximate surface area is 110 Å². The van der Waals surface area contributed by atoms with Crippen molar-refractivity contribution in [3.63, 3.8) is 0 Å². The largest absolute Gasteiger partial charge is 0.329 e. The summed E-state index contributed by atoms with van der Waals surface area (Å²) in [6, 6.07) is 4.59. The first-order valence-corrected chi connectivity index (χ1v) is 7.07. The van der Waals surface area contributed by atoms with E-state index in [2.05, 4.69) is 28.9 Å². The Bertz CT molecular complexity index is 361. The third-order valence-corrected chi connectivity index (χ3v) is 4.03. The highest BCUT2D eigenvalue weighted by Crippen LogP contribution is 2.25. The average Bonchev–Trinajstić information content (AvgIpc) is 2.58. The number of rotatable bonds is 3. The van der Waals surface area contributed by atoms with Gasteiger partial charge in [-0.2, -0.15) is 0 Å². The van der Waals surface area contributed by atoms with Crippen molar-refractivity contribution >= 4 is 0 Å². The molecule has 0 bridgehead atoms. The van der Waals surface area contributed by atoms with Gasteiger partial charge in [0.05, 0.1) is 0 Å². The van der Waals surface area contributed by atoms with Crippen molar-refractivity contribution in [1.29, 1.82) is 0 Å². The number of hydrogen-bond donors (Lipinski definition) is 1. The summed E-state index contributed by atoms with van der Waals surface area (Å²) < 4.78 is 0. The molecule has 0 spiro atoms. The number of aromatic nitrogens is 1. The van der Waals surface area contributed by atoms with Crippen LogP contribution in [0, 0.1) is 12.8 Å². The summed E-state index contributed by atoms with van der Waals surface area (Å²) >= 11 is 0. The lowest BCUT2D eigenvalue weighted by Gasteiger charge is -2.29. The number of nitrogens with zero attached hydrogens (tertiary/aromatic N) is 2. The summed E-state index contributed by atoms with van der Waals surface area (Å²) in [7, 11) is 0. The predicted molar refractivity (Wildman–Crippen MR) is 75.4 cm³/mol. The Hall–Kier alpha value is -0.930. The molecule has 0 radical (unpaired) electrons. The highest BCUT2D eigenvalue weighted by Gasteiger charge is 2.22. The van der Waals surface area contributed by atoms with Crippen LogP contribution in [-0.2, 0) is 0 Å². The molecule has 18 heavy (non-hydrogen) atoms. The van der Waals surface area contributed by atoms with E-state index in [9.17, 15) is 0 Å². The molecule has 100 valence electrons. The molecule has 0 aromatic carbocycles. The number of nitrogens with two attached hydrogens (primary N) is 1. The first-order chi connectivity index (χ1) is 8.70. The van der Waals surface area contributed by atoms with E-state index in [0.29, 0.717) is 12.6 Å². The molecule has 2 heterocycles. The lowest BCUT2D eigenvalue weighted by Crippen LogP contribution is -2.34. The Morgan fingerprint density at radius 3 is 2.89 bits per heavy atom. The van der Waals surface area contributed by atoms with Gasteiger partial charge in [0.15, 0.2) is 0 Å². The summed E-state index contributed by atoms with van der Waals surface area (Å²) in [6.07, 6.45) is 5.91. The number of hydrogen-bond acceptors (Lipinski definition) is 3. The van der Waals surface area contributed by atoms with Crippen LogP contribution in [0.1, 0.15) is 43.5 Å². The van der Waals surface area contributed by atoms with Crippen LogP contribution < -0.4 is 5.73 Å². The van der Waals surface area contributed by atoms with Crippen LogP contribution >= 0.6 is 0 Å². The van der Waals surface area contributed by atoms with Crippen LogP contribution in [0.5, 0.6) is 0 Å². The third kappa shape index (κ3) is 3.30. The van der Waals surface area contributed by atoms with Crippen molar-refractivity contribution in [2.24, 2.45) is 11.7 Å². The normalized spacial score (nSPS) is 23.6. The van der Waals surface area contributed by atoms with Gasteiger partial charge in [-0.05, 0) is 56.8 Å². The minimum Gasteiger partial charge on any atom is -0.329 e. The van der Waals surface area contributed by atoms with Crippen LogP contribution in [0.25, 0.3) is 0 Å². The van der Waals surface area contributed by atoms with Crippen LogP contribution in [0.2, 0.25) is 0 Å². The summed E-state index contributed by atoms with van der Waals surface area (Å²) in [5, 5.41) is 0. The first-order valence-electron chi connectivity index (χ1n) is 7.07. The smallest absolute Gasteiger partial charge is 0.0485 e. The van der Waals surface area contributed by atoms with Crippen molar-refractivity contribution in [1.82, 2.24) is 9.88 Å². The molecule has 1 fully saturated rings. The molecule has 1 aromatic rings. The van der Waals surface area contributed by atoms with Gasteiger partial charge < -0.3 is 5.73 Å². The SMILES string of the molecule is Cc1ccc(C(CN)N2CCCC(C)CC2)cn1. The van der Waals surface area contributed by atoms with Crippen molar-refractivity contribution in [2.45, 2.75) is 39.2 Å². The molecular weight excluding hydrogens is 222 g/mol. The van der Waals surface area contributed by atoms with Crippen LogP contribution in [0.15, 0.2) is 18.3 Å². The lowest BCUT2D eigenvalue weighted by molar-refractivity contribution is 0.207. The Morgan fingerprint density at radius 1 is 1.39 bits per heavy atom. The van der Waals surface area contributed by atoms with Gasteiger partial charge in [0.2, 0.25) is 0 Å². The zero-order chi connectivity index (χ0) is 13.0. The maximum Gasteiger partial charge on any atom is 0.0485 e. The first kappa shape index (κ1) is 13.5. The molecule has 2 rings (SSSR count). The van der Waals surface area contributed by atoms with Crippen LogP contribution in [-0.4, -0.2) is 29.5 Å². The van der Waals surface area contributed by atoms with Crippen molar-refractivity contribution in [3.05, 3.63) is 29.6 Å². The molecule has 1 saturated heterocycles. The molecule has 3 nitrogen and oxygen atoms in total. The lowest BCUT2D eigenvalue weighted by atomic mass is 10.0. The quantitative estimate of drug-likeness (QED) is 0.892. The van der Waals surface area contributed by atoms with Crippen LogP contribution in [0.3, 0.4) is 0 Å². The van der Waals surface area contributed by atoms with Gasteiger partial charge in [-0.15, -0.1) is 0 Å². The molecule has 0 aliphatic carbocycles. The van der Waals surface area contributed by atoms with Gasteiger partial charge in [-0.1, -0.05) is 13.0 Å². The Morgan fingerprint density at radius 2 is 2.22 bits per heavy atom. The van der Waals surface area contributed by atoms with Gasteiger partial charge in [0.1, 0.15) is 0 Å². The molecule has 1 aliphatic rings. The van der Waals surface area contributed by atoms with Gasteiger partial charge in [0.25, 0.3) is 0 Å². The van der Waals surface area contributed by atoms with E-state index >= 15 is 0 Å². The topological polar surface area (TPSA) is 42.1 Å². The number of aryl methyl sites for hydroxylation is 1. The van der Waals surface area contributed by atoms with E-state index in [1.807, 2.05) is 13.1 Å². The zero-order valence-corrected chi connectivity index (χ0v) is 11.6. The van der Waals surface area contributed by atoms with Gasteiger partial charge in [0, 0.05) is 24.5 Å². The molecule has 0 amide bonds. The highest BCUT2D eigenvalue weighted by molar-refractivity contribution is 5.17. The van der Waals surface area contributed by atoms with E-state index in [1.165, 1.54) is 31.4 Å². The molecule has 2 atom stereocenters. The fourth-order valence-corrected chi connectivity index (χ4v) is 2.77. The monoisotopic (exact) mass is 247 g/mol. The Balaban J connectivity index is 2.09. The maximum atomic E-state index is 5.99. The molecule has 3 heteroatoms. The summed E-state index contributed by atoms with van der Waals surface area (Å²) in [5.41, 5.74) is 8.32. The van der Waals surface area contributed by atoms with Crippen molar-refractivity contribution in [2.75, 3.05) is 19.6 Å². The third-order valence-electron chi connectivity index (χ3n) is 4.03. The van der Waals surface area contributed by atoms with Crippen molar-refractivity contribution < 1.29 is 0 Å². The molecular formula is C15H25N3. The minimum atomic E-state index is 0.336. The zero-order valence-electron chi connectivity index (χ0n) is 11.6. The highest BCUT2D eigenvalue weighted by atomic mass is 15.2. The number of likely N-dealkylation sites (tertiary alicyclic amines) is 1. The number of pyridine rings is 1. The summed E-state index contributed by atoms with van der Waals surface area (Å²) in [6.45, 7) is 7.39. The fraction of sp³-hybridized carbons (Fsp3) is 0.667. The summed E-state index contributed by atoms with van der Waals surface area (Å²) in [4.78, 5) is 6.94. The Kier molecular flexibility index (Phi) is 4.72. The van der Waals surface area contributed by atoms with E-state index < -0.39 is 0 Å². The maximum absolute atomic E-state index is 5.99. The molecule has 2 unspecified atom stereocenters.